The highest BCUT2D eigenvalue weighted by atomic mass is 16.5. The van der Waals surface area contributed by atoms with E-state index in [-0.39, 0.29) is 6.10 Å². The van der Waals surface area contributed by atoms with Crippen molar-refractivity contribution in [2.24, 2.45) is 0 Å². The third-order valence-corrected chi connectivity index (χ3v) is 2.77. The van der Waals surface area contributed by atoms with E-state index in [2.05, 4.69) is 0 Å². The highest BCUT2D eigenvalue weighted by molar-refractivity contribution is 5.65. The topological polar surface area (TPSA) is 70.5 Å². The summed E-state index contributed by atoms with van der Waals surface area (Å²) in [7, 11) is 0. The zero-order chi connectivity index (χ0) is 11.4. The zero-order valence-electron chi connectivity index (χ0n) is 9.32. The Morgan fingerprint density at radius 3 is 2.81 bits per heavy atom. The summed E-state index contributed by atoms with van der Waals surface area (Å²) in [4.78, 5) is 0. The van der Waals surface area contributed by atoms with Crippen molar-refractivity contribution in [3.05, 3.63) is 18.2 Å². The molecule has 1 atom stereocenters. The van der Waals surface area contributed by atoms with Crippen molar-refractivity contribution in [3.63, 3.8) is 0 Å². The van der Waals surface area contributed by atoms with E-state index >= 15 is 0 Å². The highest BCUT2D eigenvalue weighted by Crippen LogP contribution is 2.22. The largest absolute Gasteiger partial charge is 0.491 e. The number of ether oxygens (including phenoxy) is 2. The van der Waals surface area contributed by atoms with E-state index in [1.54, 1.807) is 12.1 Å². The van der Waals surface area contributed by atoms with Crippen LogP contribution in [-0.4, -0.2) is 19.3 Å². The predicted octanol–water partition coefficient (Wildman–Crippen LogP) is 1.80. The first-order valence-electron chi connectivity index (χ1n) is 5.65. The van der Waals surface area contributed by atoms with Crippen molar-refractivity contribution >= 4 is 11.4 Å². The number of nitrogen functional groups attached to an aromatic ring is 2. The van der Waals surface area contributed by atoms with E-state index in [1.807, 2.05) is 6.07 Å². The van der Waals surface area contributed by atoms with Crippen molar-refractivity contribution in [2.75, 3.05) is 24.7 Å². The van der Waals surface area contributed by atoms with Gasteiger partial charge >= 0.3 is 0 Å². The molecule has 1 aromatic carbocycles. The second kappa shape index (κ2) is 5.07. The summed E-state index contributed by atoms with van der Waals surface area (Å²) in [5.74, 6) is 0.751. The first kappa shape index (κ1) is 11.1. The average Bonchev–Trinajstić information content (AvgIpc) is 2.32. The summed E-state index contributed by atoms with van der Waals surface area (Å²) >= 11 is 0. The average molecular weight is 222 g/mol. The summed E-state index contributed by atoms with van der Waals surface area (Å²) in [6.45, 7) is 1.43. The van der Waals surface area contributed by atoms with Crippen LogP contribution >= 0.6 is 0 Å². The quantitative estimate of drug-likeness (QED) is 0.765. The molecular formula is C12H18N2O2. The zero-order valence-corrected chi connectivity index (χ0v) is 9.32. The SMILES string of the molecule is Nc1ccc(OCC2CCCCO2)cc1N. The molecule has 16 heavy (non-hydrogen) atoms. The molecule has 1 unspecified atom stereocenters. The van der Waals surface area contributed by atoms with E-state index < -0.39 is 0 Å². The second-order valence-electron chi connectivity index (χ2n) is 4.09. The first-order valence-corrected chi connectivity index (χ1v) is 5.65. The van der Waals surface area contributed by atoms with Crippen molar-refractivity contribution in [1.29, 1.82) is 0 Å². The molecule has 1 fully saturated rings. The maximum atomic E-state index is 5.69. The Bertz CT molecular complexity index is 349. The lowest BCUT2D eigenvalue weighted by Gasteiger charge is -2.22. The fraction of sp³-hybridized carbons (Fsp3) is 0.500. The minimum absolute atomic E-state index is 0.215. The Morgan fingerprint density at radius 1 is 1.25 bits per heavy atom. The van der Waals surface area contributed by atoms with Crippen LogP contribution in [0.2, 0.25) is 0 Å². The molecule has 0 radical (unpaired) electrons. The number of benzene rings is 1. The number of hydrogen-bond donors (Lipinski definition) is 2. The molecular weight excluding hydrogens is 204 g/mol. The van der Waals surface area contributed by atoms with Crippen molar-refractivity contribution in [2.45, 2.75) is 25.4 Å². The molecule has 0 saturated carbocycles. The molecule has 2 rings (SSSR count). The third-order valence-electron chi connectivity index (χ3n) is 2.77. The van der Waals surface area contributed by atoms with E-state index in [4.69, 9.17) is 20.9 Å². The summed E-state index contributed by atoms with van der Waals surface area (Å²) in [5.41, 5.74) is 12.5. The Hall–Kier alpha value is -1.42. The molecule has 1 saturated heterocycles. The maximum absolute atomic E-state index is 5.69. The molecule has 0 bridgehead atoms. The van der Waals surface area contributed by atoms with Crippen LogP contribution in [-0.2, 0) is 4.74 Å². The van der Waals surface area contributed by atoms with Crippen LogP contribution in [0.25, 0.3) is 0 Å². The number of hydrogen-bond acceptors (Lipinski definition) is 4. The van der Waals surface area contributed by atoms with Gasteiger partial charge in [0.05, 0.1) is 17.5 Å². The van der Waals surface area contributed by atoms with Gasteiger partial charge in [-0.15, -0.1) is 0 Å². The number of rotatable bonds is 3. The van der Waals surface area contributed by atoms with Gasteiger partial charge in [-0.05, 0) is 31.4 Å². The molecule has 0 spiro atoms. The van der Waals surface area contributed by atoms with Gasteiger partial charge in [0.2, 0.25) is 0 Å². The summed E-state index contributed by atoms with van der Waals surface area (Å²) in [5, 5.41) is 0. The molecule has 1 aliphatic heterocycles. The minimum atomic E-state index is 0.215. The molecule has 4 nitrogen and oxygen atoms in total. The lowest BCUT2D eigenvalue weighted by molar-refractivity contribution is -0.0110. The lowest BCUT2D eigenvalue weighted by Crippen LogP contribution is -2.25. The summed E-state index contributed by atoms with van der Waals surface area (Å²) in [6, 6.07) is 5.33. The van der Waals surface area contributed by atoms with Crippen LogP contribution in [0.1, 0.15) is 19.3 Å². The van der Waals surface area contributed by atoms with Crippen LogP contribution in [0.15, 0.2) is 18.2 Å². The summed E-state index contributed by atoms with van der Waals surface area (Å²) < 4.78 is 11.2. The Morgan fingerprint density at radius 2 is 2.12 bits per heavy atom. The molecule has 0 aromatic heterocycles. The third kappa shape index (κ3) is 2.79. The maximum Gasteiger partial charge on any atom is 0.121 e. The highest BCUT2D eigenvalue weighted by Gasteiger charge is 2.14. The van der Waals surface area contributed by atoms with Gasteiger partial charge in [-0.25, -0.2) is 0 Å². The van der Waals surface area contributed by atoms with Gasteiger partial charge in [-0.1, -0.05) is 0 Å². The Balaban J connectivity index is 1.86. The summed E-state index contributed by atoms with van der Waals surface area (Å²) in [6.07, 6.45) is 3.67. The van der Waals surface area contributed by atoms with Crippen molar-refractivity contribution < 1.29 is 9.47 Å². The van der Waals surface area contributed by atoms with E-state index in [0.717, 1.165) is 25.2 Å². The van der Waals surface area contributed by atoms with Gasteiger partial charge in [-0.3, -0.25) is 0 Å². The van der Waals surface area contributed by atoms with Crippen LogP contribution < -0.4 is 16.2 Å². The van der Waals surface area contributed by atoms with E-state index in [9.17, 15) is 0 Å². The molecule has 0 aliphatic carbocycles. The predicted molar refractivity (Wildman–Crippen MR) is 64.4 cm³/mol. The monoisotopic (exact) mass is 222 g/mol. The van der Waals surface area contributed by atoms with Gasteiger partial charge < -0.3 is 20.9 Å². The fourth-order valence-electron chi connectivity index (χ4n) is 1.77. The standard InChI is InChI=1S/C12H18N2O2/c13-11-5-4-9(7-12(11)14)16-8-10-3-1-2-6-15-10/h4-5,7,10H,1-3,6,8,13-14H2. The molecule has 0 amide bonds. The van der Waals surface area contributed by atoms with Crippen LogP contribution in [0.5, 0.6) is 5.75 Å². The number of nitrogens with two attached hydrogens (primary N) is 2. The minimum Gasteiger partial charge on any atom is -0.491 e. The Kier molecular flexibility index (Phi) is 3.51. The van der Waals surface area contributed by atoms with Gasteiger partial charge in [-0.2, -0.15) is 0 Å². The van der Waals surface area contributed by atoms with Gasteiger partial charge in [0.15, 0.2) is 0 Å². The molecule has 88 valence electrons. The Labute approximate surface area is 95.5 Å². The van der Waals surface area contributed by atoms with Gasteiger partial charge in [0, 0.05) is 12.7 Å². The van der Waals surface area contributed by atoms with Crippen molar-refractivity contribution in [1.82, 2.24) is 0 Å². The molecule has 4 N–H and O–H groups in total. The van der Waals surface area contributed by atoms with Crippen LogP contribution in [0.4, 0.5) is 11.4 Å². The fourth-order valence-corrected chi connectivity index (χ4v) is 1.77. The van der Waals surface area contributed by atoms with Gasteiger partial charge in [0.1, 0.15) is 12.4 Å². The van der Waals surface area contributed by atoms with Crippen LogP contribution in [0, 0.1) is 0 Å². The van der Waals surface area contributed by atoms with E-state index in [0.29, 0.717) is 18.0 Å². The number of anilines is 2. The van der Waals surface area contributed by atoms with Crippen molar-refractivity contribution in [3.8, 4) is 5.75 Å². The first-order chi connectivity index (χ1) is 7.75. The van der Waals surface area contributed by atoms with Gasteiger partial charge in [0.25, 0.3) is 0 Å². The smallest absolute Gasteiger partial charge is 0.121 e. The molecule has 1 aromatic rings. The normalized spacial score (nSPS) is 20.6. The molecule has 1 aliphatic rings. The molecule has 4 heteroatoms. The van der Waals surface area contributed by atoms with Crippen LogP contribution in [0.3, 0.4) is 0 Å². The second-order valence-corrected chi connectivity index (χ2v) is 4.09. The van der Waals surface area contributed by atoms with E-state index in [1.165, 1.54) is 6.42 Å². The lowest BCUT2D eigenvalue weighted by atomic mass is 10.1. The molecule has 1 heterocycles.